The first-order chi connectivity index (χ1) is 4.61. The van der Waals surface area contributed by atoms with Gasteiger partial charge in [-0.1, -0.05) is 12.2 Å². The number of nitrogens with one attached hydrogen (secondary N) is 1. The van der Waals surface area contributed by atoms with Gasteiger partial charge in [0.25, 0.3) is 0 Å². The first-order valence-corrected chi connectivity index (χ1v) is 3.06. The molecule has 5 heteroatoms. The highest BCUT2D eigenvalue weighted by atomic mass is 35.5. The highest BCUT2D eigenvalue weighted by molar-refractivity contribution is 5.85. The van der Waals surface area contributed by atoms with Crippen LogP contribution >= 0.6 is 12.4 Å². The van der Waals surface area contributed by atoms with Gasteiger partial charge in [0.1, 0.15) is 6.04 Å². The van der Waals surface area contributed by atoms with Gasteiger partial charge in [0.15, 0.2) is 0 Å². The molecule has 1 heterocycles. The minimum atomic E-state index is -4.09. The van der Waals surface area contributed by atoms with E-state index in [-0.39, 0.29) is 18.8 Å². The predicted octanol–water partition coefficient (Wildman–Crippen LogP) is 1.89. The Kier molecular flexibility index (Phi) is 3.89. The summed E-state index contributed by atoms with van der Waals surface area (Å²) in [5.41, 5.74) is 0. The standard InChI is InChI=1S/C6H8F3N.ClH/c7-6(8,9)5-3-1-2-4-10-5;/h1-2,5,10H,3-4H2;1H. The van der Waals surface area contributed by atoms with E-state index in [9.17, 15) is 13.2 Å². The molecule has 0 saturated carbocycles. The second-order valence-electron chi connectivity index (χ2n) is 2.21. The maximum atomic E-state index is 11.8. The molecular weight excluding hydrogens is 179 g/mol. The molecule has 0 aliphatic carbocycles. The van der Waals surface area contributed by atoms with E-state index in [0.29, 0.717) is 6.54 Å². The van der Waals surface area contributed by atoms with Crippen molar-refractivity contribution >= 4 is 12.4 Å². The lowest BCUT2D eigenvalue weighted by Gasteiger charge is -2.21. The summed E-state index contributed by atoms with van der Waals surface area (Å²) in [6.45, 7) is 0.324. The van der Waals surface area contributed by atoms with Crippen molar-refractivity contribution in [2.75, 3.05) is 6.54 Å². The Morgan fingerprint density at radius 2 is 1.91 bits per heavy atom. The quantitative estimate of drug-likeness (QED) is 0.571. The van der Waals surface area contributed by atoms with E-state index in [1.54, 1.807) is 12.2 Å². The van der Waals surface area contributed by atoms with Crippen LogP contribution in [0.25, 0.3) is 0 Å². The number of hydrogen-bond acceptors (Lipinski definition) is 1. The third-order valence-corrected chi connectivity index (χ3v) is 1.42. The molecule has 1 N–H and O–H groups in total. The molecule has 0 amide bonds. The van der Waals surface area contributed by atoms with Gasteiger partial charge in [0, 0.05) is 6.54 Å². The van der Waals surface area contributed by atoms with Gasteiger partial charge in [-0.25, -0.2) is 0 Å². The van der Waals surface area contributed by atoms with E-state index >= 15 is 0 Å². The van der Waals surface area contributed by atoms with Crippen LogP contribution in [0, 0.1) is 0 Å². The smallest absolute Gasteiger partial charge is 0.302 e. The molecule has 1 nitrogen and oxygen atoms in total. The third-order valence-electron chi connectivity index (χ3n) is 1.42. The summed E-state index contributed by atoms with van der Waals surface area (Å²) in [5.74, 6) is 0. The van der Waals surface area contributed by atoms with Crippen LogP contribution in [0.15, 0.2) is 12.2 Å². The molecule has 1 aliphatic rings. The van der Waals surface area contributed by atoms with Crippen molar-refractivity contribution in [3.63, 3.8) is 0 Å². The summed E-state index contributed by atoms with van der Waals surface area (Å²) >= 11 is 0. The normalized spacial score (nSPS) is 24.5. The van der Waals surface area contributed by atoms with Crippen molar-refractivity contribution in [1.82, 2.24) is 5.32 Å². The highest BCUT2D eigenvalue weighted by Gasteiger charge is 2.38. The fourth-order valence-corrected chi connectivity index (χ4v) is 0.859. The maximum absolute atomic E-state index is 11.8. The van der Waals surface area contributed by atoms with Crippen molar-refractivity contribution in [3.05, 3.63) is 12.2 Å². The lowest BCUT2D eigenvalue weighted by molar-refractivity contribution is -0.155. The predicted molar refractivity (Wildman–Crippen MR) is 38.9 cm³/mol. The van der Waals surface area contributed by atoms with Crippen LogP contribution in [0.1, 0.15) is 6.42 Å². The largest absolute Gasteiger partial charge is 0.404 e. The van der Waals surface area contributed by atoms with Crippen LogP contribution < -0.4 is 5.32 Å². The average molecular weight is 188 g/mol. The average Bonchev–Trinajstić information content (AvgIpc) is 1.88. The Balaban J connectivity index is 0.000001000. The minimum Gasteiger partial charge on any atom is -0.302 e. The molecule has 1 atom stereocenters. The van der Waals surface area contributed by atoms with Crippen LogP contribution in [0.4, 0.5) is 13.2 Å². The number of halogens is 4. The number of alkyl halides is 3. The van der Waals surface area contributed by atoms with Crippen molar-refractivity contribution < 1.29 is 13.2 Å². The van der Waals surface area contributed by atoms with E-state index in [1.807, 2.05) is 0 Å². The Morgan fingerprint density at radius 1 is 1.27 bits per heavy atom. The third kappa shape index (κ3) is 3.12. The Morgan fingerprint density at radius 3 is 2.18 bits per heavy atom. The fraction of sp³-hybridized carbons (Fsp3) is 0.667. The second kappa shape index (κ2) is 3.97. The first-order valence-electron chi connectivity index (χ1n) is 3.06. The lowest BCUT2D eigenvalue weighted by atomic mass is 10.1. The summed E-state index contributed by atoms with van der Waals surface area (Å²) < 4.78 is 35.5. The molecule has 1 rings (SSSR count). The van der Waals surface area contributed by atoms with Crippen molar-refractivity contribution in [2.45, 2.75) is 18.6 Å². The van der Waals surface area contributed by atoms with Crippen molar-refractivity contribution in [3.8, 4) is 0 Å². The van der Waals surface area contributed by atoms with Gasteiger partial charge in [-0.15, -0.1) is 12.4 Å². The lowest BCUT2D eigenvalue weighted by Crippen LogP contribution is -2.43. The second-order valence-corrected chi connectivity index (χ2v) is 2.21. The van der Waals surface area contributed by atoms with Crippen LogP contribution in [-0.2, 0) is 0 Å². The monoisotopic (exact) mass is 187 g/mol. The fourth-order valence-electron chi connectivity index (χ4n) is 0.859. The zero-order valence-electron chi connectivity index (χ0n) is 5.69. The maximum Gasteiger partial charge on any atom is 0.404 e. The summed E-state index contributed by atoms with van der Waals surface area (Å²) in [6.07, 6.45) is -0.787. The van der Waals surface area contributed by atoms with E-state index in [4.69, 9.17) is 0 Å². The van der Waals surface area contributed by atoms with Gasteiger partial charge >= 0.3 is 6.18 Å². The van der Waals surface area contributed by atoms with Crippen LogP contribution in [0.5, 0.6) is 0 Å². The Labute approximate surface area is 69.1 Å². The van der Waals surface area contributed by atoms with E-state index in [0.717, 1.165) is 0 Å². The molecule has 0 spiro atoms. The van der Waals surface area contributed by atoms with E-state index in [1.165, 1.54) is 0 Å². The van der Waals surface area contributed by atoms with Crippen molar-refractivity contribution in [1.29, 1.82) is 0 Å². The van der Waals surface area contributed by atoms with Crippen molar-refractivity contribution in [2.24, 2.45) is 0 Å². The Hall–Kier alpha value is -0.220. The van der Waals surface area contributed by atoms with E-state index in [2.05, 4.69) is 5.32 Å². The first kappa shape index (κ1) is 10.8. The van der Waals surface area contributed by atoms with Crippen LogP contribution in [0.3, 0.4) is 0 Å². The molecule has 0 bridgehead atoms. The highest BCUT2D eigenvalue weighted by Crippen LogP contribution is 2.23. The molecule has 11 heavy (non-hydrogen) atoms. The zero-order chi connectivity index (χ0) is 7.61. The van der Waals surface area contributed by atoms with Gasteiger partial charge in [-0.05, 0) is 6.42 Å². The summed E-state index contributed by atoms with van der Waals surface area (Å²) in [5, 5.41) is 2.35. The minimum absolute atomic E-state index is 0. The van der Waals surface area contributed by atoms with Crippen LogP contribution in [0.2, 0.25) is 0 Å². The number of rotatable bonds is 0. The molecule has 1 aliphatic heterocycles. The SMILES string of the molecule is Cl.FC(F)(F)C1CC=CCN1. The molecule has 0 aromatic heterocycles. The molecule has 1 unspecified atom stereocenters. The van der Waals surface area contributed by atoms with Gasteiger partial charge in [-0.3, -0.25) is 0 Å². The topological polar surface area (TPSA) is 12.0 Å². The molecule has 0 aromatic carbocycles. The van der Waals surface area contributed by atoms with Gasteiger partial charge in [0.2, 0.25) is 0 Å². The van der Waals surface area contributed by atoms with E-state index < -0.39 is 12.2 Å². The summed E-state index contributed by atoms with van der Waals surface area (Å²) in [6, 6.07) is -1.34. The van der Waals surface area contributed by atoms with Gasteiger partial charge < -0.3 is 5.32 Å². The molecule has 66 valence electrons. The molecule has 0 saturated heterocycles. The molecule has 0 fully saturated rings. The molecule has 0 aromatic rings. The Bertz CT molecular complexity index is 143. The zero-order valence-corrected chi connectivity index (χ0v) is 6.50. The summed E-state index contributed by atoms with van der Waals surface area (Å²) in [7, 11) is 0. The number of hydrogen-bond donors (Lipinski definition) is 1. The molecular formula is C6H9ClF3N. The summed E-state index contributed by atoms with van der Waals surface area (Å²) in [4.78, 5) is 0. The van der Waals surface area contributed by atoms with Crippen LogP contribution in [-0.4, -0.2) is 18.8 Å². The molecule has 0 radical (unpaired) electrons. The van der Waals surface area contributed by atoms with Gasteiger partial charge in [-0.2, -0.15) is 13.2 Å². The van der Waals surface area contributed by atoms with Gasteiger partial charge in [0.05, 0.1) is 0 Å².